The Balaban J connectivity index is 4.08. The highest BCUT2D eigenvalue weighted by atomic mass is 79.9. The van der Waals surface area contributed by atoms with Crippen LogP contribution in [0.15, 0.2) is 0 Å². The number of ketones is 1. The van der Waals surface area contributed by atoms with E-state index in [4.69, 9.17) is 5.73 Å². The Morgan fingerprint density at radius 1 is 1.60 bits per heavy atom. The van der Waals surface area contributed by atoms with Crippen LogP contribution in [0.1, 0.15) is 20.8 Å². The van der Waals surface area contributed by atoms with Gasteiger partial charge < -0.3 is 5.73 Å². The topological polar surface area (TPSA) is 43.1 Å². The zero-order valence-corrected chi connectivity index (χ0v) is 8.23. The molecule has 0 saturated heterocycles. The number of carbonyl (C=O) groups is 1. The normalized spacial score (nSPS) is 14.9. The maximum absolute atomic E-state index is 11.0. The summed E-state index contributed by atoms with van der Waals surface area (Å²) in [4.78, 5) is 11.0. The summed E-state index contributed by atoms with van der Waals surface area (Å²) in [5, 5.41) is 0.353. The first-order valence-electron chi connectivity index (χ1n) is 3.24. The molecule has 2 nitrogen and oxygen atoms in total. The van der Waals surface area contributed by atoms with Crippen LogP contribution in [0.25, 0.3) is 0 Å². The molecule has 0 heterocycles. The predicted molar refractivity (Wildman–Crippen MR) is 46.2 cm³/mol. The molecular weight excluding hydrogens is 194 g/mol. The smallest absolute Gasteiger partial charge is 0.160 e. The van der Waals surface area contributed by atoms with Gasteiger partial charge in [0.15, 0.2) is 5.78 Å². The summed E-state index contributed by atoms with van der Waals surface area (Å²) in [5.74, 6) is 0.0625. The molecule has 0 radical (unpaired) electrons. The van der Waals surface area contributed by atoms with E-state index in [2.05, 4.69) is 15.9 Å². The van der Waals surface area contributed by atoms with Crippen LogP contribution in [0.3, 0.4) is 0 Å². The Kier molecular flexibility index (Phi) is 3.52. The van der Waals surface area contributed by atoms with Crippen molar-refractivity contribution in [1.82, 2.24) is 0 Å². The highest BCUT2D eigenvalue weighted by Crippen LogP contribution is 2.18. The number of hydrogen-bond donors (Lipinski definition) is 1. The number of rotatable bonds is 2. The third kappa shape index (κ3) is 2.80. The number of alkyl halides is 1. The fraction of sp³-hybridized carbons (Fsp3) is 0.857. The van der Waals surface area contributed by atoms with E-state index >= 15 is 0 Å². The van der Waals surface area contributed by atoms with E-state index in [-0.39, 0.29) is 17.2 Å². The molecule has 0 rings (SSSR count). The van der Waals surface area contributed by atoms with Crippen LogP contribution < -0.4 is 5.73 Å². The maximum Gasteiger partial charge on any atom is 0.160 e. The van der Waals surface area contributed by atoms with Gasteiger partial charge in [-0.1, -0.05) is 36.7 Å². The van der Waals surface area contributed by atoms with Gasteiger partial charge in [-0.25, -0.2) is 0 Å². The van der Waals surface area contributed by atoms with Crippen LogP contribution in [0.4, 0.5) is 0 Å². The van der Waals surface area contributed by atoms with Crippen molar-refractivity contribution in [3.8, 4) is 0 Å². The summed E-state index contributed by atoms with van der Waals surface area (Å²) in [5.41, 5.74) is 5.51. The lowest BCUT2D eigenvalue weighted by molar-refractivity contribution is -0.119. The lowest BCUT2D eigenvalue weighted by atomic mass is 9.85. The predicted octanol–water partition coefficient (Wildman–Crippen LogP) is 1.32. The molecule has 0 unspecified atom stereocenters. The minimum absolute atomic E-state index is 0.0625. The van der Waals surface area contributed by atoms with Gasteiger partial charge in [-0.15, -0.1) is 0 Å². The summed E-state index contributed by atoms with van der Waals surface area (Å²) in [6.45, 7) is 5.87. The van der Waals surface area contributed by atoms with Gasteiger partial charge in [-0.05, 0) is 5.41 Å². The van der Waals surface area contributed by atoms with E-state index in [1.54, 1.807) is 0 Å². The fourth-order valence-corrected chi connectivity index (χ4v) is 0.915. The van der Waals surface area contributed by atoms with Gasteiger partial charge in [0.1, 0.15) is 0 Å². The second-order valence-electron chi connectivity index (χ2n) is 3.44. The largest absolute Gasteiger partial charge is 0.321 e. The molecule has 60 valence electrons. The molecule has 3 heteroatoms. The molecule has 2 N–H and O–H groups in total. The van der Waals surface area contributed by atoms with Gasteiger partial charge >= 0.3 is 0 Å². The molecule has 0 aromatic carbocycles. The van der Waals surface area contributed by atoms with Crippen LogP contribution in [0, 0.1) is 5.41 Å². The average molecular weight is 208 g/mol. The summed E-state index contributed by atoms with van der Waals surface area (Å²) in [6, 6.07) is -0.355. The van der Waals surface area contributed by atoms with Crippen molar-refractivity contribution < 1.29 is 4.79 Å². The Labute approximate surface area is 70.3 Å². The molecule has 0 aliphatic rings. The Hall–Kier alpha value is 0.110. The number of Topliss-reactive ketones (excluding diaryl/α,β-unsaturated/α-hetero) is 1. The van der Waals surface area contributed by atoms with Crippen LogP contribution >= 0.6 is 15.9 Å². The number of halogens is 1. The second-order valence-corrected chi connectivity index (χ2v) is 4.00. The molecule has 1 atom stereocenters. The standard InChI is InChI=1S/C7H14BrNO/c1-7(2,3)6(9)5(10)4-8/h6H,4,9H2,1-3H3/t6-/m0/s1. The minimum atomic E-state index is -0.355. The van der Waals surface area contributed by atoms with E-state index in [0.29, 0.717) is 5.33 Å². The summed E-state index contributed by atoms with van der Waals surface area (Å²) >= 11 is 3.08. The van der Waals surface area contributed by atoms with Gasteiger partial charge in [-0.2, -0.15) is 0 Å². The first-order chi connectivity index (χ1) is 4.39. The van der Waals surface area contributed by atoms with E-state index in [1.807, 2.05) is 20.8 Å². The molecule has 0 bridgehead atoms. The SMILES string of the molecule is CC(C)(C)[C@@H](N)C(=O)CBr. The molecule has 0 amide bonds. The first kappa shape index (κ1) is 10.1. The van der Waals surface area contributed by atoms with E-state index in [1.165, 1.54) is 0 Å². The van der Waals surface area contributed by atoms with Crippen molar-refractivity contribution >= 4 is 21.7 Å². The zero-order valence-electron chi connectivity index (χ0n) is 6.65. The van der Waals surface area contributed by atoms with Crippen LogP contribution in [-0.2, 0) is 4.79 Å². The van der Waals surface area contributed by atoms with Crippen molar-refractivity contribution in [2.24, 2.45) is 11.1 Å². The second kappa shape index (κ2) is 3.49. The molecular formula is C7H14BrNO. The molecule has 0 saturated carbocycles. The van der Waals surface area contributed by atoms with E-state index in [0.717, 1.165) is 0 Å². The van der Waals surface area contributed by atoms with Gasteiger partial charge in [0, 0.05) is 0 Å². The highest BCUT2D eigenvalue weighted by Gasteiger charge is 2.25. The third-order valence-corrected chi connectivity index (χ3v) is 1.96. The van der Waals surface area contributed by atoms with Crippen LogP contribution in [-0.4, -0.2) is 17.2 Å². The quantitative estimate of drug-likeness (QED) is 0.695. The fourth-order valence-electron chi connectivity index (χ4n) is 0.566. The van der Waals surface area contributed by atoms with Crippen LogP contribution in [0.2, 0.25) is 0 Å². The first-order valence-corrected chi connectivity index (χ1v) is 4.36. The minimum Gasteiger partial charge on any atom is -0.321 e. The average Bonchev–Trinajstić information content (AvgIpc) is 1.83. The summed E-state index contributed by atoms with van der Waals surface area (Å²) in [7, 11) is 0. The molecule has 0 spiro atoms. The Morgan fingerprint density at radius 2 is 2.00 bits per heavy atom. The molecule has 0 aromatic rings. The number of nitrogens with two attached hydrogens (primary N) is 1. The summed E-state index contributed by atoms with van der Waals surface area (Å²) in [6.07, 6.45) is 0. The van der Waals surface area contributed by atoms with Gasteiger partial charge in [-0.3, -0.25) is 4.79 Å². The maximum atomic E-state index is 11.0. The van der Waals surface area contributed by atoms with Crippen LogP contribution in [0.5, 0.6) is 0 Å². The van der Waals surface area contributed by atoms with Crippen molar-refractivity contribution in [2.75, 3.05) is 5.33 Å². The Bertz CT molecular complexity index is 128. The van der Waals surface area contributed by atoms with Gasteiger partial charge in [0.2, 0.25) is 0 Å². The number of carbonyl (C=O) groups excluding carboxylic acids is 1. The van der Waals surface area contributed by atoms with Crippen molar-refractivity contribution in [2.45, 2.75) is 26.8 Å². The van der Waals surface area contributed by atoms with Crippen molar-refractivity contribution in [3.63, 3.8) is 0 Å². The summed E-state index contributed by atoms with van der Waals surface area (Å²) < 4.78 is 0. The molecule has 0 aliphatic carbocycles. The molecule has 10 heavy (non-hydrogen) atoms. The third-order valence-electron chi connectivity index (χ3n) is 1.41. The van der Waals surface area contributed by atoms with Gasteiger partial charge in [0.25, 0.3) is 0 Å². The molecule has 0 aromatic heterocycles. The Morgan fingerprint density at radius 3 is 2.10 bits per heavy atom. The highest BCUT2D eigenvalue weighted by molar-refractivity contribution is 9.09. The van der Waals surface area contributed by atoms with E-state index < -0.39 is 0 Å². The lowest BCUT2D eigenvalue weighted by Gasteiger charge is -2.24. The van der Waals surface area contributed by atoms with Crippen molar-refractivity contribution in [1.29, 1.82) is 0 Å². The van der Waals surface area contributed by atoms with Gasteiger partial charge in [0.05, 0.1) is 11.4 Å². The monoisotopic (exact) mass is 207 g/mol. The van der Waals surface area contributed by atoms with E-state index in [9.17, 15) is 4.79 Å². The molecule has 0 aliphatic heterocycles. The lowest BCUT2D eigenvalue weighted by Crippen LogP contribution is -2.42. The van der Waals surface area contributed by atoms with Crippen molar-refractivity contribution in [3.05, 3.63) is 0 Å². The molecule has 0 fully saturated rings. The zero-order chi connectivity index (χ0) is 8.36. The number of hydrogen-bond acceptors (Lipinski definition) is 2.